The Morgan fingerprint density at radius 1 is 0.951 bits per heavy atom. The van der Waals surface area contributed by atoms with E-state index >= 15 is 0 Å². The summed E-state index contributed by atoms with van der Waals surface area (Å²) in [6.07, 6.45) is 5.05. The van der Waals surface area contributed by atoms with Crippen LogP contribution in [0.3, 0.4) is 0 Å². The fraction of sp³-hybridized carbons (Fsp3) is 0.355. The molecule has 1 aliphatic carbocycles. The molecule has 7 nitrogen and oxygen atoms in total. The molecule has 0 radical (unpaired) electrons. The molecule has 0 aliphatic heterocycles. The van der Waals surface area contributed by atoms with Crippen molar-refractivity contribution in [3.63, 3.8) is 0 Å². The first-order valence-electron chi connectivity index (χ1n) is 13.7. The Morgan fingerprint density at radius 2 is 1.63 bits per heavy atom. The van der Waals surface area contributed by atoms with E-state index in [1.54, 1.807) is 68.4 Å². The molecule has 0 spiro atoms. The highest BCUT2D eigenvalue weighted by molar-refractivity contribution is 7.92. The van der Waals surface area contributed by atoms with E-state index in [2.05, 4.69) is 5.32 Å². The molecule has 1 fully saturated rings. The molecule has 2 amide bonds. The van der Waals surface area contributed by atoms with Crippen LogP contribution in [0.5, 0.6) is 0 Å². The van der Waals surface area contributed by atoms with E-state index in [1.807, 2.05) is 6.07 Å². The summed E-state index contributed by atoms with van der Waals surface area (Å²) in [5, 5.41) is 3.97. The number of hydrogen-bond donors (Lipinski definition) is 1. The van der Waals surface area contributed by atoms with Crippen molar-refractivity contribution < 1.29 is 18.0 Å². The lowest BCUT2D eigenvalue weighted by molar-refractivity contribution is -0.139. The molecule has 41 heavy (non-hydrogen) atoms. The Balaban J connectivity index is 1.70. The third kappa shape index (κ3) is 7.61. The minimum absolute atomic E-state index is 0.0386. The zero-order chi connectivity index (χ0) is 29.6. The summed E-state index contributed by atoms with van der Waals surface area (Å²) in [6, 6.07) is 19.1. The molecule has 1 N–H and O–H groups in total. The van der Waals surface area contributed by atoms with Gasteiger partial charge in [0.1, 0.15) is 12.6 Å². The predicted octanol–water partition coefficient (Wildman–Crippen LogP) is 6.36. The topological polar surface area (TPSA) is 86.8 Å². The van der Waals surface area contributed by atoms with Gasteiger partial charge in [-0.15, -0.1) is 0 Å². The number of nitrogens with one attached hydrogen (secondary N) is 1. The van der Waals surface area contributed by atoms with Crippen LogP contribution in [0.25, 0.3) is 0 Å². The number of halogens is 2. The molecule has 0 aromatic heterocycles. The number of hydrogen-bond acceptors (Lipinski definition) is 4. The van der Waals surface area contributed by atoms with Gasteiger partial charge in [-0.3, -0.25) is 13.9 Å². The van der Waals surface area contributed by atoms with E-state index in [4.69, 9.17) is 23.2 Å². The molecule has 0 saturated heterocycles. The summed E-state index contributed by atoms with van der Waals surface area (Å²) >= 11 is 12.6. The third-order valence-corrected chi connectivity index (χ3v) is 9.90. The summed E-state index contributed by atoms with van der Waals surface area (Å²) in [6.45, 7) is 2.92. The van der Waals surface area contributed by atoms with Crippen molar-refractivity contribution in [3.8, 4) is 0 Å². The summed E-state index contributed by atoms with van der Waals surface area (Å²) in [5.41, 5.74) is 1.53. The first-order valence-corrected chi connectivity index (χ1v) is 15.9. The van der Waals surface area contributed by atoms with Crippen LogP contribution in [0.2, 0.25) is 10.0 Å². The number of rotatable bonds is 10. The van der Waals surface area contributed by atoms with Crippen LogP contribution in [-0.4, -0.2) is 43.8 Å². The quantitative estimate of drug-likeness (QED) is 0.287. The van der Waals surface area contributed by atoms with E-state index < -0.39 is 28.5 Å². The molecule has 0 heterocycles. The Labute approximate surface area is 252 Å². The van der Waals surface area contributed by atoms with Crippen molar-refractivity contribution in [1.29, 1.82) is 0 Å². The van der Waals surface area contributed by atoms with Crippen molar-refractivity contribution in [2.24, 2.45) is 0 Å². The fourth-order valence-corrected chi connectivity index (χ4v) is 6.96. The first kappa shape index (κ1) is 30.9. The lowest BCUT2D eigenvalue weighted by atomic mass is 9.95. The summed E-state index contributed by atoms with van der Waals surface area (Å²) in [5.74, 6) is -0.807. The van der Waals surface area contributed by atoms with Gasteiger partial charge in [0.15, 0.2) is 0 Å². The molecule has 1 saturated carbocycles. The maximum Gasteiger partial charge on any atom is 0.264 e. The van der Waals surface area contributed by atoms with Gasteiger partial charge < -0.3 is 10.2 Å². The van der Waals surface area contributed by atoms with E-state index in [1.165, 1.54) is 17.0 Å². The molecular formula is C31H35Cl2N3O4S. The van der Waals surface area contributed by atoms with Gasteiger partial charge in [-0.1, -0.05) is 78.9 Å². The van der Waals surface area contributed by atoms with Gasteiger partial charge in [0, 0.05) is 22.6 Å². The van der Waals surface area contributed by atoms with Crippen LogP contribution in [0, 0.1) is 6.92 Å². The monoisotopic (exact) mass is 615 g/mol. The standard InChI is InChI=1S/C31H35Cl2N3O4S/c1-22-28(33)17-10-18-29(22)36(41(39,40)27-15-7-4-8-16-27)21-30(37)35(20-24-11-9-12-25(32)19-24)23(2)31(38)34-26-13-5-3-6-14-26/h4,7-12,15-19,23,26H,3,5-6,13-14,20-21H2,1-2H3,(H,34,38)/t23-/m1/s1. The number of anilines is 1. The molecule has 4 rings (SSSR count). The summed E-state index contributed by atoms with van der Waals surface area (Å²) < 4.78 is 29.0. The van der Waals surface area contributed by atoms with Gasteiger partial charge in [-0.2, -0.15) is 0 Å². The third-order valence-electron chi connectivity index (χ3n) is 7.48. The Kier molecular flexibility index (Phi) is 10.3. The highest BCUT2D eigenvalue weighted by Gasteiger charge is 2.34. The summed E-state index contributed by atoms with van der Waals surface area (Å²) in [4.78, 5) is 29.0. The van der Waals surface area contributed by atoms with Crippen molar-refractivity contribution in [3.05, 3.63) is 94.0 Å². The van der Waals surface area contributed by atoms with Gasteiger partial charge in [-0.25, -0.2) is 8.42 Å². The Bertz CT molecular complexity index is 1480. The van der Waals surface area contributed by atoms with E-state index in [0.29, 0.717) is 15.6 Å². The van der Waals surface area contributed by atoms with Crippen molar-refractivity contribution >= 4 is 50.7 Å². The van der Waals surface area contributed by atoms with Gasteiger partial charge in [0.2, 0.25) is 11.8 Å². The zero-order valence-corrected chi connectivity index (χ0v) is 25.6. The highest BCUT2D eigenvalue weighted by Crippen LogP contribution is 2.31. The molecule has 3 aromatic carbocycles. The Morgan fingerprint density at radius 3 is 2.32 bits per heavy atom. The van der Waals surface area contributed by atoms with Crippen molar-refractivity contribution in [1.82, 2.24) is 10.2 Å². The number of sulfonamides is 1. The molecular weight excluding hydrogens is 581 g/mol. The smallest absolute Gasteiger partial charge is 0.264 e. The Hall–Kier alpha value is -3.07. The SMILES string of the molecule is Cc1c(Cl)cccc1N(CC(=O)N(Cc1cccc(Cl)c1)[C@H](C)C(=O)NC1CCCCC1)S(=O)(=O)c1ccccc1. The number of carbonyl (C=O) groups is 2. The highest BCUT2D eigenvalue weighted by atomic mass is 35.5. The average Bonchev–Trinajstić information content (AvgIpc) is 2.97. The van der Waals surface area contributed by atoms with Crippen molar-refractivity contribution in [2.45, 2.75) is 69.5 Å². The largest absolute Gasteiger partial charge is 0.352 e. The number of carbonyl (C=O) groups excluding carboxylic acids is 2. The molecule has 218 valence electrons. The lowest BCUT2D eigenvalue weighted by Crippen LogP contribution is -2.53. The van der Waals surface area contributed by atoms with Gasteiger partial charge in [-0.05, 0) is 74.2 Å². The fourth-order valence-electron chi connectivity index (χ4n) is 5.08. The minimum Gasteiger partial charge on any atom is -0.352 e. The normalized spacial score (nSPS) is 14.7. The maximum absolute atomic E-state index is 14.1. The predicted molar refractivity (Wildman–Crippen MR) is 164 cm³/mol. The second-order valence-corrected chi connectivity index (χ2v) is 13.1. The lowest BCUT2D eigenvalue weighted by Gasteiger charge is -2.33. The number of nitrogens with zero attached hydrogens (tertiary/aromatic N) is 2. The first-order chi connectivity index (χ1) is 19.6. The van der Waals surface area contributed by atoms with Crippen LogP contribution in [0.15, 0.2) is 77.7 Å². The number of amides is 2. The van der Waals surface area contributed by atoms with Crippen LogP contribution < -0.4 is 9.62 Å². The molecule has 3 aromatic rings. The molecule has 10 heteroatoms. The minimum atomic E-state index is -4.16. The van der Waals surface area contributed by atoms with E-state index in [0.717, 1.165) is 42.0 Å². The zero-order valence-electron chi connectivity index (χ0n) is 23.2. The second kappa shape index (κ2) is 13.7. The van der Waals surface area contributed by atoms with Gasteiger partial charge in [0.25, 0.3) is 10.0 Å². The molecule has 1 atom stereocenters. The molecule has 0 bridgehead atoms. The molecule has 0 unspecified atom stereocenters. The van der Waals surface area contributed by atoms with Crippen LogP contribution in [-0.2, 0) is 26.2 Å². The van der Waals surface area contributed by atoms with E-state index in [-0.39, 0.29) is 29.1 Å². The van der Waals surface area contributed by atoms with Crippen LogP contribution in [0.1, 0.15) is 50.2 Å². The molecule has 1 aliphatic rings. The second-order valence-electron chi connectivity index (χ2n) is 10.4. The van der Waals surface area contributed by atoms with Crippen LogP contribution >= 0.6 is 23.2 Å². The van der Waals surface area contributed by atoms with Crippen molar-refractivity contribution in [2.75, 3.05) is 10.8 Å². The summed E-state index contributed by atoms with van der Waals surface area (Å²) in [7, 11) is -4.16. The number of benzene rings is 3. The van der Waals surface area contributed by atoms with Gasteiger partial charge in [0.05, 0.1) is 10.6 Å². The van der Waals surface area contributed by atoms with E-state index in [9.17, 15) is 18.0 Å². The maximum atomic E-state index is 14.1. The average molecular weight is 617 g/mol. The van der Waals surface area contributed by atoms with Gasteiger partial charge >= 0.3 is 0 Å². The van der Waals surface area contributed by atoms with Crippen LogP contribution in [0.4, 0.5) is 5.69 Å².